The molecule has 6 nitrogen and oxygen atoms in total. The molecule has 4 rings (SSSR count). The minimum Gasteiger partial charge on any atom is -0.340 e. The van der Waals surface area contributed by atoms with Gasteiger partial charge >= 0.3 is 0 Å². The van der Waals surface area contributed by atoms with Gasteiger partial charge in [0.1, 0.15) is 5.82 Å². The molecule has 0 saturated carbocycles. The van der Waals surface area contributed by atoms with E-state index in [9.17, 15) is 9.18 Å². The summed E-state index contributed by atoms with van der Waals surface area (Å²) in [5.41, 5.74) is 1.69. The van der Waals surface area contributed by atoms with Crippen LogP contribution < -0.4 is 0 Å². The molecule has 2 aromatic carbocycles. The van der Waals surface area contributed by atoms with Crippen molar-refractivity contribution < 1.29 is 13.7 Å². The van der Waals surface area contributed by atoms with Crippen LogP contribution in [0.5, 0.6) is 0 Å². The highest BCUT2D eigenvalue weighted by Gasteiger charge is 2.22. The van der Waals surface area contributed by atoms with Gasteiger partial charge in [0.2, 0.25) is 17.6 Å². The van der Waals surface area contributed by atoms with E-state index in [2.05, 4.69) is 15.0 Å². The molecule has 1 aliphatic rings. The molecule has 162 valence electrons. The van der Waals surface area contributed by atoms with Gasteiger partial charge in [0.25, 0.3) is 0 Å². The topological polar surface area (TPSA) is 62.5 Å². The Hall–Kier alpha value is -2.48. The van der Waals surface area contributed by atoms with Crippen molar-refractivity contribution in [3.63, 3.8) is 0 Å². The van der Waals surface area contributed by atoms with Gasteiger partial charge in [-0.3, -0.25) is 9.69 Å². The maximum Gasteiger partial charge on any atom is 0.227 e. The van der Waals surface area contributed by atoms with Gasteiger partial charge in [-0.25, -0.2) is 4.39 Å². The first kappa shape index (κ1) is 21.7. The summed E-state index contributed by atoms with van der Waals surface area (Å²) in [7, 11) is 0. The van der Waals surface area contributed by atoms with Gasteiger partial charge in [-0.1, -0.05) is 34.4 Å². The van der Waals surface area contributed by atoms with Crippen LogP contribution in [0.25, 0.3) is 11.4 Å². The van der Waals surface area contributed by atoms with E-state index >= 15 is 0 Å². The van der Waals surface area contributed by atoms with Crippen molar-refractivity contribution in [3.8, 4) is 11.4 Å². The van der Waals surface area contributed by atoms with Gasteiger partial charge in [-0.15, -0.1) is 0 Å². The molecule has 2 heterocycles. The number of carbonyl (C=O) groups is 1. The molecule has 1 aliphatic heterocycles. The van der Waals surface area contributed by atoms with E-state index in [4.69, 9.17) is 27.7 Å². The van der Waals surface area contributed by atoms with E-state index in [1.54, 1.807) is 18.2 Å². The lowest BCUT2D eigenvalue weighted by atomic mass is 10.2. The lowest BCUT2D eigenvalue weighted by Gasteiger charge is -2.35. The number of aryl methyl sites for hydroxylation is 1. The van der Waals surface area contributed by atoms with E-state index in [-0.39, 0.29) is 11.7 Å². The first-order valence-electron chi connectivity index (χ1n) is 10.0. The molecule has 0 N–H and O–H groups in total. The molecule has 0 aliphatic carbocycles. The second-order valence-corrected chi connectivity index (χ2v) is 8.25. The van der Waals surface area contributed by atoms with Crippen LogP contribution in [-0.4, -0.2) is 52.0 Å². The normalized spacial score (nSPS) is 14.7. The molecule has 1 aromatic heterocycles. The molecule has 1 saturated heterocycles. The molecule has 1 fully saturated rings. The SMILES string of the molecule is O=C(CCc1nc(-c2ccc(Cl)cc2)no1)N1CCN(Cc2ccc(F)cc2Cl)CC1. The summed E-state index contributed by atoms with van der Waals surface area (Å²) < 4.78 is 18.5. The Bertz CT molecular complexity index is 1050. The fourth-order valence-corrected chi connectivity index (χ4v) is 3.84. The molecular weight excluding hydrogens is 442 g/mol. The fraction of sp³-hybridized carbons (Fsp3) is 0.318. The van der Waals surface area contributed by atoms with Gasteiger partial charge in [0, 0.05) is 61.2 Å². The number of halogens is 3. The van der Waals surface area contributed by atoms with Crippen LogP contribution in [0.1, 0.15) is 17.9 Å². The standard InChI is InChI=1S/C22H21Cl2FN4O2/c23-17-4-1-15(2-5-17)22-26-20(31-27-22)7-8-21(30)29-11-9-28(10-12-29)14-16-3-6-18(25)13-19(16)24/h1-6,13H,7-12,14H2. The van der Waals surface area contributed by atoms with Crippen LogP contribution in [-0.2, 0) is 17.8 Å². The molecule has 0 atom stereocenters. The third-order valence-corrected chi connectivity index (χ3v) is 5.86. The molecule has 0 spiro atoms. The summed E-state index contributed by atoms with van der Waals surface area (Å²) >= 11 is 12.0. The number of benzene rings is 2. The second kappa shape index (κ2) is 9.77. The molecule has 3 aromatic rings. The zero-order chi connectivity index (χ0) is 21.8. The van der Waals surface area contributed by atoms with Crippen LogP contribution >= 0.6 is 23.2 Å². The lowest BCUT2D eigenvalue weighted by Crippen LogP contribution is -2.48. The van der Waals surface area contributed by atoms with Gasteiger partial charge in [0.15, 0.2) is 0 Å². The second-order valence-electron chi connectivity index (χ2n) is 7.41. The maximum absolute atomic E-state index is 13.2. The number of nitrogens with zero attached hydrogens (tertiary/aromatic N) is 4. The van der Waals surface area contributed by atoms with Gasteiger partial charge in [-0.05, 0) is 42.0 Å². The van der Waals surface area contributed by atoms with E-state index in [1.165, 1.54) is 12.1 Å². The maximum atomic E-state index is 13.2. The molecule has 0 radical (unpaired) electrons. The van der Waals surface area contributed by atoms with E-state index in [0.717, 1.165) is 24.2 Å². The molecular formula is C22H21Cl2FN4O2. The highest BCUT2D eigenvalue weighted by atomic mass is 35.5. The fourth-order valence-electron chi connectivity index (χ4n) is 3.49. The minimum absolute atomic E-state index is 0.0608. The monoisotopic (exact) mass is 462 g/mol. The number of carbonyl (C=O) groups excluding carboxylic acids is 1. The molecule has 0 unspecified atom stereocenters. The average molecular weight is 463 g/mol. The Morgan fingerprint density at radius 2 is 1.81 bits per heavy atom. The van der Waals surface area contributed by atoms with Crippen molar-refractivity contribution >= 4 is 29.1 Å². The largest absolute Gasteiger partial charge is 0.340 e. The van der Waals surface area contributed by atoms with Crippen LogP contribution in [0.15, 0.2) is 47.0 Å². The number of aromatic nitrogens is 2. The zero-order valence-electron chi connectivity index (χ0n) is 16.7. The lowest BCUT2D eigenvalue weighted by molar-refractivity contribution is -0.133. The van der Waals surface area contributed by atoms with Crippen molar-refractivity contribution in [1.29, 1.82) is 0 Å². The number of hydrogen-bond acceptors (Lipinski definition) is 5. The number of piperazine rings is 1. The van der Waals surface area contributed by atoms with Gasteiger partial charge in [-0.2, -0.15) is 4.98 Å². The van der Waals surface area contributed by atoms with Gasteiger partial charge < -0.3 is 9.42 Å². The van der Waals surface area contributed by atoms with E-state index in [0.29, 0.717) is 54.2 Å². The zero-order valence-corrected chi connectivity index (χ0v) is 18.2. The number of hydrogen-bond donors (Lipinski definition) is 0. The first-order valence-corrected chi connectivity index (χ1v) is 10.8. The minimum atomic E-state index is -0.342. The van der Waals surface area contributed by atoms with Crippen molar-refractivity contribution in [2.45, 2.75) is 19.4 Å². The smallest absolute Gasteiger partial charge is 0.227 e. The average Bonchev–Trinajstić information content (AvgIpc) is 3.24. The number of amides is 1. The Labute approximate surface area is 189 Å². The summed E-state index contributed by atoms with van der Waals surface area (Å²) in [5.74, 6) is 0.631. The predicted octanol–water partition coefficient (Wildman–Crippen LogP) is 4.46. The predicted molar refractivity (Wildman–Crippen MR) is 116 cm³/mol. The molecule has 9 heteroatoms. The van der Waals surface area contributed by atoms with Crippen molar-refractivity contribution in [3.05, 3.63) is 69.8 Å². The van der Waals surface area contributed by atoms with Crippen LogP contribution in [0, 0.1) is 5.82 Å². The van der Waals surface area contributed by atoms with Crippen molar-refractivity contribution in [2.75, 3.05) is 26.2 Å². The van der Waals surface area contributed by atoms with Crippen LogP contribution in [0.3, 0.4) is 0 Å². The van der Waals surface area contributed by atoms with Crippen molar-refractivity contribution in [2.24, 2.45) is 0 Å². The van der Waals surface area contributed by atoms with Gasteiger partial charge in [0.05, 0.1) is 0 Å². The third kappa shape index (κ3) is 5.61. The van der Waals surface area contributed by atoms with Crippen LogP contribution in [0.4, 0.5) is 4.39 Å². The summed E-state index contributed by atoms with van der Waals surface area (Å²) in [6.07, 6.45) is 0.705. The molecule has 0 bridgehead atoms. The summed E-state index contributed by atoms with van der Waals surface area (Å²) in [6, 6.07) is 11.6. The Kier molecular flexibility index (Phi) is 6.85. The first-order chi connectivity index (χ1) is 15.0. The quantitative estimate of drug-likeness (QED) is 0.540. The molecule has 31 heavy (non-hydrogen) atoms. The Balaban J connectivity index is 1.24. The third-order valence-electron chi connectivity index (χ3n) is 5.26. The Morgan fingerprint density at radius 1 is 1.06 bits per heavy atom. The Morgan fingerprint density at radius 3 is 2.52 bits per heavy atom. The van der Waals surface area contributed by atoms with Crippen LogP contribution in [0.2, 0.25) is 10.0 Å². The summed E-state index contributed by atoms with van der Waals surface area (Å²) in [6.45, 7) is 3.38. The number of rotatable bonds is 6. The summed E-state index contributed by atoms with van der Waals surface area (Å²) in [4.78, 5) is 21.0. The highest BCUT2D eigenvalue weighted by molar-refractivity contribution is 6.31. The van der Waals surface area contributed by atoms with E-state index in [1.807, 2.05) is 17.0 Å². The highest BCUT2D eigenvalue weighted by Crippen LogP contribution is 2.21. The molecule has 1 amide bonds. The summed E-state index contributed by atoms with van der Waals surface area (Å²) in [5, 5.41) is 5.04. The van der Waals surface area contributed by atoms with Crippen molar-refractivity contribution in [1.82, 2.24) is 19.9 Å². The van der Waals surface area contributed by atoms with E-state index < -0.39 is 0 Å².